The molecule has 0 bridgehead atoms. The highest BCUT2D eigenvalue weighted by molar-refractivity contribution is 5.57. The number of nitrogens with zero attached hydrogens (tertiary/aromatic N) is 1. The van der Waals surface area contributed by atoms with E-state index < -0.39 is 0 Å². The van der Waals surface area contributed by atoms with Gasteiger partial charge in [0.25, 0.3) is 0 Å². The Kier molecular flexibility index (Phi) is 6.41. The summed E-state index contributed by atoms with van der Waals surface area (Å²) in [5.41, 5.74) is 2.74. The van der Waals surface area contributed by atoms with E-state index in [1.165, 1.54) is 0 Å². The highest BCUT2D eigenvalue weighted by Gasteiger charge is 2.01. The van der Waals surface area contributed by atoms with Gasteiger partial charge in [-0.25, -0.2) is 0 Å². The number of allylic oxidation sites excluding steroid dienone is 1. The minimum Gasteiger partial charge on any atom is -0.294 e. The van der Waals surface area contributed by atoms with Crippen LogP contribution in [0, 0.1) is 5.92 Å². The monoisotopic (exact) mass is 165 g/mol. The second kappa shape index (κ2) is 6.87. The first kappa shape index (κ1) is 11.2. The van der Waals surface area contributed by atoms with Crippen LogP contribution in [0.25, 0.3) is 0 Å². The molecule has 0 aliphatic carbocycles. The van der Waals surface area contributed by atoms with Gasteiger partial charge in [-0.15, -0.1) is 5.73 Å². The van der Waals surface area contributed by atoms with E-state index in [1.54, 1.807) is 0 Å². The van der Waals surface area contributed by atoms with Crippen LogP contribution in [-0.4, -0.2) is 12.3 Å². The molecule has 0 aromatic heterocycles. The van der Waals surface area contributed by atoms with Crippen molar-refractivity contribution < 1.29 is 0 Å². The van der Waals surface area contributed by atoms with Gasteiger partial charge < -0.3 is 0 Å². The maximum atomic E-state index is 4.40. The molecule has 0 saturated heterocycles. The van der Waals surface area contributed by atoms with Crippen LogP contribution < -0.4 is 0 Å². The Morgan fingerprint density at radius 1 is 1.33 bits per heavy atom. The number of hydrogen-bond acceptors (Lipinski definition) is 1. The third-order valence-electron chi connectivity index (χ3n) is 1.89. The lowest BCUT2D eigenvalue weighted by molar-refractivity contribution is 0.532. The van der Waals surface area contributed by atoms with Gasteiger partial charge in [-0.2, -0.15) is 0 Å². The standard InChI is InChI=1S/C11H19N/c1-5-6-7-8-9-12-11(4)10(2)3/h6,9-11H,1,7-8H2,2-4H3/b12-9-. The Morgan fingerprint density at radius 2 is 2.00 bits per heavy atom. The summed E-state index contributed by atoms with van der Waals surface area (Å²) in [5, 5.41) is 0. The highest BCUT2D eigenvalue weighted by atomic mass is 14.8. The van der Waals surface area contributed by atoms with Crippen molar-refractivity contribution in [3.8, 4) is 0 Å². The van der Waals surface area contributed by atoms with Crippen molar-refractivity contribution in [1.82, 2.24) is 0 Å². The van der Waals surface area contributed by atoms with Crippen LogP contribution in [-0.2, 0) is 0 Å². The van der Waals surface area contributed by atoms with Gasteiger partial charge in [0.1, 0.15) is 0 Å². The molecule has 0 aliphatic heterocycles. The summed E-state index contributed by atoms with van der Waals surface area (Å²) < 4.78 is 0. The van der Waals surface area contributed by atoms with Crippen LogP contribution >= 0.6 is 0 Å². The van der Waals surface area contributed by atoms with Gasteiger partial charge in [0, 0.05) is 6.04 Å². The van der Waals surface area contributed by atoms with E-state index in [4.69, 9.17) is 0 Å². The zero-order valence-electron chi connectivity index (χ0n) is 8.38. The lowest BCUT2D eigenvalue weighted by atomic mass is 10.1. The van der Waals surface area contributed by atoms with Crippen molar-refractivity contribution in [2.75, 3.05) is 0 Å². The highest BCUT2D eigenvalue weighted by Crippen LogP contribution is 2.04. The molecule has 0 heterocycles. The second-order valence-corrected chi connectivity index (χ2v) is 3.30. The molecule has 68 valence electrons. The van der Waals surface area contributed by atoms with Crippen LogP contribution in [0.15, 0.2) is 23.4 Å². The van der Waals surface area contributed by atoms with E-state index in [2.05, 4.69) is 38.1 Å². The van der Waals surface area contributed by atoms with Gasteiger partial charge in [-0.05, 0) is 38.0 Å². The van der Waals surface area contributed by atoms with E-state index in [-0.39, 0.29) is 0 Å². The lowest BCUT2D eigenvalue weighted by Crippen LogP contribution is -2.07. The molecule has 0 aromatic rings. The Balaban J connectivity index is 3.54. The molecule has 0 amide bonds. The van der Waals surface area contributed by atoms with Gasteiger partial charge in [-0.1, -0.05) is 20.4 Å². The Morgan fingerprint density at radius 3 is 2.50 bits per heavy atom. The summed E-state index contributed by atoms with van der Waals surface area (Å²) >= 11 is 0. The van der Waals surface area contributed by atoms with Gasteiger partial charge >= 0.3 is 0 Å². The predicted octanol–water partition coefficient (Wildman–Crippen LogP) is 3.22. The molecular weight excluding hydrogens is 146 g/mol. The molecule has 0 radical (unpaired) electrons. The summed E-state index contributed by atoms with van der Waals surface area (Å²) in [5.74, 6) is 0.635. The Hall–Kier alpha value is -0.810. The summed E-state index contributed by atoms with van der Waals surface area (Å²) in [6.07, 6.45) is 5.93. The van der Waals surface area contributed by atoms with E-state index >= 15 is 0 Å². The van der Waals surface area contributed by atoms with Gasteiger partial charge in [0.15, 0.2) is 0 Å². The molecule has 0 rings (SSSR count). The minimum absolute atomic E-state index is 0.442. The summed E-state index contributed by atoms with van der Waals surface area (Å²) in [6, 6.07) is 0.442. The molecule has 0 aromatic carbocycles. The third kappa shape index (κ3) is 5.94. The fourth-order valence-corrected chi connectivity index (χ4v) is 0.673. The zero-order chi connectivity index (χ0) is 9.40. The zero-order valence-corrected chi connectivity index (χ0v) is 8.38. The smallest absolute Gasteiger partial charge is 0.0490 e. The van der Waals surface area contributed by atoms with Crippen molar-refractivity contribution in [1.29, 1.82) is 0 Å². The summed E-state index contributed by atoms with van der Waals surface area (Å²) in [6.45, 7) is 10.0. The first-order chi connectivity index (χ1) is 5.68. The third-order valence-corrected chi connectivity index (χ3v) is 1.89. The Bertz CT molecular complexity index is 173. The maximum Gasteiger partial charge on any atom is 0.0490 e. The quantitative estimate of drug-likeness (QED) is 0.337. The average molecular weight is 165 g/mol. The van der Waals surface area contributed by atoms with Crippen LogP contribution in [0.4, 0.5) is 0 Å². The molecule has 1 unspecified atom stereocenters. The van der Waals surface area contributed by atoms with Gasteiger partial charge in [0.05, 0.1) is 0 Å². The SMILES string of the molecule is C=C=CCC/C=N\C(C)C(C)C. The molecule has 0 fully saturated rings. The Labute approximate surface area is 75.9 Å². The first-order valence-electron chi connectivity index (χ1n) is 4.54. The van der Waals surface area contributed by atoms with Crippen molar-refractivity contribution >= 4 is 6.21 Å². The fourth-order valence-electron chi connectivity index (χ4n) is 0.673. The molecule has 12 heavy (non-hydrogen) atoms. The molecule has 1 nitrogen and oxygen atoms in total. The summed E-state index contributed by atoms with van der Waals surface area (Å²) in [7, 11) is 0. The normalized spacial score (nSPS) is 13.3. The van der Waals surface area contributed by atoms with Gasteiger partial charge in [-0.3, -0.25) is 4.99 Å². The van der Waals surface area contributed by atoms with Crippen LogP contribution in [0.3, 0.4) is 0 Å². The number of rotatable bonds is 5. The van der Waals surface area contributed by atoms with E-state index in [0.29, 0.717) is 12.0 Å². The van der Waals surface area contributed by atoms with Crippen LogP contribution in [0.1, 0.15) is 33.6 Å². The molecule has 0 saturated carbocycles. The molecular formula is C11H19N. The maximum absolute atomic E-state index is 4.40. The molecule has 0 N–H and O–H groups in total. The number of unbranched alkanes of at least 4 members (excludes halogenated alkanes) is 1. The van der Waals surface area contributed by atoms with E-state index in [1.807, 2.05) is 12.3 Å². The molecule has 0 aliphatic rings. The predicted molar refractivity (Wildman–Crippen MR) is 55.7 cm³/mol. The van der Waals surface area contributed by atoms with Crippen molar-refractivity contribution in [2.24, 2.45) is 10.9 Å². The molecule has 1 atom stereocenters. The second-order valence-electron chi connectivity index (χ2n) is 3.30. The lowest BCUT2D eigenvalue weighted by Gasteiger charge is -2.08. The van der Waals surface area contributed by atoms with Crippen molar-refractivity contribution in [2.45, 2.75) is 39.7 Å². The summed E-state index contributed by atoms with van der Waals surface area (Å²) in [4.78, 5) is 4.40. The van der Waals surface area contributed by atoms with E-state index in [9.17, 15) is 0 Å². The average Bonchev–Trinajstić information content (AvgIpc) is 2.03. The van der Waals surface area contributed by atoms with Gasteiger partial charge in [0.2, 0.25) is 0 Å². The number of hydrogen-bond donors (Lipinski definition) is 0. The number of aliphatic imine (C=N–C) groups is 1. The largest absolute Gasteiger partial charge is 0.294 e. The molecule has 1 heteroatoms. The fraction of sp³-hybridized carbons (Fsp3) is 0.636. The molecule has 0 spiro atoms. The topological polar surface area (TPSA) is 12.4 Å². The van der Waals surface area contributed by atoms with Crippen LogP contribution in [0.2, 0.25) is 0 Å². The minimum atomic E-state index is 0.442. The van der Waals surface area contributed by atoms with Crippen LogP contribution in [0.5, 0.6) is 0 Å². The van der Waals surface area contributed by atoms with Crippen molar-refractivity contribution in [3.05, 3.63) is 18.4 Å². The van der Waals surface area contributed by atoms with Crippen molar-refractivity contribution in [3.63, 3.8) is 0 Å². The first-order valence-corrected chi connectivity index (χ1v) is 4.54. The van der Waals surface area contributed by atoms with E-state index in [0.717, 1.165) is 12.8 Å².